The lowest BCUT2D eigenvalue weighted by atomic mass is 9.97. The van der Waals surface area contributed by atoms with Crippen LogP contribution in [0.4, 0.5) is 17.1 Å². The zero-order valence-electron chi connectivity index (χ0n) is 16.1. The molecule has 0 amide bonds. The molecule has 0 fully saturated rings. The van der Waals surface area contributed by atoms with Gasteiger partial charge in [0.2, 0.25) is 0 Å². The number of thiol groups is 1. The van der Waals surface area contributed by atoms with E-state index < -0.39 is 26.1 Å². The van der Waals surface area contributed by atoms with Crippen LogP contribution >= 0.6 is 12.6 Å². The van der Waals surface area contributed by atoms with Crippen molar-refractivity contribution in [3.05, 3.63) is 103 Å². The Labute approximate surface area is 184 Å². The molecule has 0 saturated carbocycles. The molecule has 0 aliphatic rings. The van der Waals surface area contributed by atoms with Crippen LogP contribution in [0.5, 0.6) is 0 Å². The molecule has 0 aliphatic heterocycles. The predicted molar refractivity (Wildman–Crippen MR) is 120 cm³/mol. The van der Waals surface area contributed by atoms with Gasteiger partial charge in [-0.2, -0.15) is 0 Å². The predicted octanol–water partition coefficient (Wildman–Crippen LogP) is 5.51. The topological polar surface area (TPSA) is 146 Å². The van der Waals surface area contributed by atoms with E-state index in [4.69, 9.17) is 0 Å². The number of benzene rings is 4. The second-order valence-electron chi connectivity index (χ2n) is 6.45. The molecule has 0 N–H and O–H groups in total. The van der Waals surface area contributed by atoms with Gasteiger partial charge in [0.05, 0.1) is 31.6 Å². The lowest BCUT2D eigenvalue weighted by Crippen LogP contribution is -2.00. The summed E-state index contributed by atoms with van der Waals surface area (Å²) in [5, 5.41) is 34.0. The van der Waals surface area contributed by atoms with E-state index in [0.717, 1.165) is 11.0 Å². The van der Waals surface area contributed by atoms with Gasteiger partial charge >= 0.3 is 0 Å². The van der Waals surface area contributed by atoms with Gasteiger partial charge in [0.15, 0.2) is 6.29 Å². The summed E-state index contributed by atoms with van der Waals surface area (Å²) < 4.78 is 0. The fourth-order valence-electron chi connectivity index (χ4n) is 3.18. The molecule has 0 heterocycles. The highest BCUT2D eigenvalue weighted by Crippen LogP contribution is 2.38. The van der Waals surface area contributed by atoms with E-state index in [1.807, 2.05) is 30.3 Å². The quantitative estimate of drug-likeness (QED) is 0.141. The van der Waals surface area contributed by atoms with Crippen molar-refractivity contribution in [2.45, 2.75) is 4.90 Å². The molecule has 160 valence electrons. The van der Waals surface area contributed by atoms with Crippen molar-refractivity contribution in [2.75, 3.05) is 0 Å². The van der Waals surface area contributed by atoms with Crippen LogP contribution in [-0.2, 0) is 0 Å². The minimum absolute atomic E-state index is 0.00861. The van der Waals surface area contributed by atoms with Crippen LogP contribution in [0.1, 0.15) is 10.4 Å². The van der Waals surface area contributed by atoms with Crippen LogP contribution in [0.15, 0.2) is 71.6 Å². The normalized spacial score (nSPS) is 10.3. The van der Waals surface area contributed by atoms with Gasteiger partial charge in [-0.15, -0.1) is 12.6 Å². The zero-order chi connectivity index (χ0) is 23.4. The number of fused-ring (bicyclic) bond motifs is 2. The highest BCUT2D eigenvalue weighted by Gasteiger charge is 2.26. The molecule has 0 saturated heterocycles. The number of nitro benzene ring substituents is 3. The van der Waals surface area contributed by atoms with Gasteiger partial charge in [0.1, 0.15) is 5.56 Å². The zero-order valence-corrected chi connectivity index (χ0v) is 17.0. The van der Waals surface area contributed by atoms with Gasteiger partial charge in [-0.05, 0) is 29.7 Å². The second-order valence-corrected chi connectivity index (χ2v) is 6.97. The van der Waals surface area contributed by atoms with E-state index >= 15 is 0 Å². The Morgan fingerprint density at radius 1 is 0.656 bits per heavy atom. The van der Waals surface area contributed by atoms with Crippen molar-refractivity contribution in [3.8, 4) is 0 Å². The first-order chi connectivity index (χ1) is 15.2. The number of carbonyl (C=O) groups is 1. The third-order valence-corrected chi connectivity index (χ3v) is 4.87. The van der Waals surface area contributed by atoms with E-state index in [-0.39, 0.29) is 33.7 Å². The standard InChI is InChI=1S/C15H7N3O7.C6H6S/c19-7-12-10-5-9-8(2-1-3-13(9)16(20)21)4-11(10)14(17(22)23)6-15(12)18(24)25;7-6-4-2-1-3-5-6/h1-7H;1-5,7H. The SMILES string of the molecule is O=Cc1c([N+](=O)[O-])cc([N+](=O)[O-])c2cc3cccc([N+](=O)[O-])c3cc12.Sc1ccccc1. The third-order valence-electron chi connectivity index (χ3n) is 4.58. The first-order valence-corrected chi connectivity index (χ1v) is 9.35. The molecule has 10 nitrogen and oxygen atoms in total. The maximum Gasteiger partial charge on any atom is 0.287 e. The van der Waals surface area contributed by atoms with Gasteiger partial charge in [-0.1, -0.05) is 30.3 Å². The molecule has 0 aromatic heterocycles. The lowest BCUT2D eigenvalue weighted by molar-refractivity contribution is -0.393. The van der Waals surface area contributed by atoms with E-state index in [9.17, 15) is 35.1 Å². The van der Waals surface area contributed by atoms with Crippen molar-refractivity contribution < 1.29 is 19.6 Å². The molecule has 32 heavy (non-hydrogen) atoms. The molecular weight excluding hydrogens is 438 g/mol. The van der Waals surface area contributed by atoms with Crippen molar-refractivity contribution in [2.24, 2.45) is 0 Å². The van der Waals surface area contributed by atoms with E-state index in [1.54, 1.807) is 0 Å². The highest BCUT2D eigenvalue weighted by atomic mass is 32.1. The van der Waals surface area contributed by atoms with Gasteiger partial charge in [0.25, 0.3) is 17.1 Å². The number of aldehydes is 1. The molecule has 0 aliphatic carbocycles. The molecule has 0 unspecified atom stereocenters. The summed E-state index contributed by atoms with van der Waals surface area (Å²) in [7, 11) is 0. The van der Waals surface area contributed by atoms with E-state index in [2.05, 4.69) is 12.6 Å². The maximum absolute atomic E-state index is 11.4. The smallest absolute Gasteiger partial charge is 0.287 e. The fourth-order valence-corrected chi connectivity index (χ4v) is 3.35. The first kappa shape index (κ1) is 22.3. The number of nitro groups is 3. The van der Waals surface area contributed by atoms with Crippen LogP contribution in [0.3, 0.4) is 0 Å². The molecule has 0 bridgehead atoms. The number of carbonyl (C=O) groups excluding carboxylic acids is 1. The number of non-ortho nitro benzene ring substituents is 2. The average Bonchev–Trinajstić information content (AvgIpc) is 2.76. The van der Waals surface area contributed by atoms with Crippen molar-refractivity contribution in [1.82, 2.24) is 0 Å². The minimum Gasteiger partial charge on any atom is -0.298 e. The lowest BCUT2D eigenvalue weighted by Gasteiger charge is -2.07. The largest absolute Gasteiger partial charge is 0.298 e. The Morgan fingerprint density at radius 3 is 1.78 bits per heavy atom. The van der Waals surface area contributed by atoms with Gasteiger partial charge in [-0.3, -0.25) is 35.1 Å². The molecule has 4 aromatic carbocycles. The Kier molecular flexibility index (Phi) is 6.40. The van der Waals surface area contributed by atoms with Crippen LogP contribution in [0, 0.1) is 30.3 Å². The van der Waals surface area contributed by atoms with Gasteiger partial charge < -0.3 is 0 Å². The molecular formula is C21H13N3O7S. The summed E-state index contributed by atoms with van der Waals surface area (Å²) in [5.41, 5.74) is -1.93. The molecule has 11 heteroatoms. The fraction of sp³-hybridized carbons (Fsp3) is 0. The third kappa shape index (κ3) is 4.37. The number of hydrogen-bond donors (Lipinski definition) is 1. The summed E-state index contributed by atoms with van der Waals surface area (Å²) in [6.45, 7) is 0. The summed E-state index contributed by atoms with van der Waals surface area (Å²) >= 11 is 4.08. The van der Waals surface area contributed by atoms with Crippen LogP contribution in [0.2, 0.25) is 0 Å². The summed E-state index contributed by atoms with van der Waals surface area (Å²) in [4.78, 5) is 43.7. The molecule has 4 rings (SSSR count). The molecule has 0 atom stereocenters. The van der Waals surface area contributed by atoms with Crippen LogP contribution < -0.4 is 0 Å². The Bertz CT molecular complexity index is 1390. The monoisotopic (exact) mass is 451 g/mol. The molecule has 4 aromatic rings. The highest BCUT2D eigenvalue weighted by molar-refractivity contribution is 7.80. The number of rotatable bonds is 4. The van der Waals surface area contributed by atoms with Crippen molar-refractivity contribution in [3.63, 3.8) is 0 Å². The number of nitrogens with zero attached hydrogens (tertiary/aromatic N) is 3. The van der Waals surface area contributed by atoms with Crippen LogP contribution in [-0.4, -0.2) is 21.1 Å². The minimum atomic E-state index is -0.903. The average molecular weight is 451 g/mol. The first-order valence-electron chi connectivity index (χ1n) is 8.90. The van der Waals surface area contributed by atoms with Gasteiger partial charge in [0, 0.05) is 16.3 Å². The summed E-state index contributed by atoms with van der Waals surface area (Å²) in [6, 6.07) is 17.2. The Hall–Kier alpha value is -4.38. The summed E-state index contributed by atoms with van der Waals surface area (Å²) in [6.07, 6.45) is 0.213. The summed E-state index contributed by atoms with van der Waals surface area (Å²) in [5.74, 6) is 0. The Morgan fingerprint density at radius 2 is 1.28 bits per heavy atom. The molecule has 0 radical (unpaired) electrons. The molecule has 0 spiro atoms. The van der Waals surface area contributed by atoms with E-state index in [1.165, 1.54) is 30.3 Å². The van der Waals surface area contributed by atoms with Crippen molar-refractivity contribution >= 4 is 57.5 Å². The van der Waals surface area contributed by atoms with E-state index in [0.29, 0.717) is 5.39 Å². The Balaban J connectivity index is 0.000000352. The second kappa shape index (κ2) is 9.18. The van der Waals surface area contributed by atoms with Gasteiger partial charge in [-0.25, -0.2) is 0 Å². The van der Waals surface area contributed by atoms with Crippen molar-refractivity contribution in [1.29, 1.82) is 0 Å². The maximum atomic E-state index is 11.4. The number of hydrogen-bond acceptors (Lipinski definition) is 8. The van der Waals surface area contributed by atoms with Crippen LogP contribution in [0.25, 0.3) is 21.5 Å².